The maximum atomic E-state index is 13.8. The maximum absolute atomic E-state index is 13.8. The Bertz CT molecular complexity index is 943. The number of hydrogen-bond acceptors (Lipinski definition) is 6. The molecule has 0 amide bonds. The Labute approximate surface area is 151 Å². The fourth-order valence-electron chi connectivity index (χ4n) is 2.53. The van der Waals surface area contributed by atoms with Crippen LogP contribution in [0.25, 0.3) is 0 Å². The third kappa shape index (κ3) is 4.33. The smallest absolute Gasteiger partial charge is 0.492 e. The molecule has 0 radical (unpaired) electrons. The van der Waals surface area contributed by atoms with Crippen molar-refractivity contribution in [1.29, 1.82) is 0 Å². The zero-order valence-electron chi connectivity index (χ0n) is 13.5. The van der Waals surface area contributed by atoms with Crippen LogP contribution in [0.3, 0.4) is 0 Å². The van der Waals surface area contributed by atoms with E-state index in [9.17, 15) is 43.9 Å². The average Bonchev–Trinajstić information content (AvgIpc) is 2.72. The van der Waals surface area contributed by atoms with Crippen molar-refractivity contribution in [1.82, 2.24) is 4.72 Å². The number of ether oxygens (including phenoxy) is 1. The van der Waals surface area contributed by atoms with E-state index in [1.807, 2.05) is 4.72 Å². The molecule has 0 bridgehead atoms. The molecule has 2 N–H and O–H groups in total. The molecule has 14 heteroatoms. The van der Waals surface area contributed by atoms with E-state index in [1.165, 1.54) is 0 Å². The minimum absolute atomic E-state index is 0.269. The summed E-state index contributed by atoms with van der Waals surface area (Å²) in [4.78, 5) is -1.48. The molecule has 1 aromatic rings. The van der Waals surface area contributed by atoms with Crippen molar-refractivity contribution >= 4 is 19.9 Å². The second-order valence-corrected chi connectivity index (χ2v) is 9.50. The first-order valence-corrected chi connectivity index (χ1v) is 10.6. The Morgan fingerprint density at radius 3 is 2.37 bits per heavy atom. The molecule has 0 saturated carbocycles. The zero-order chi connectivity index (χ0) is 20.8. The summed E-state index contributed by atoms with van der Waals surface area (Å²) in [6.07, 6.45) is -3.14. The lowest BCUT2D eigenvalue weighted by Gasteiger charge is -2.17. The van der Waals surface area contributed by atoms with Gasteiger partial charge < -0.3 is 9.84 Å². The highest BCUT2D eigenvalue weighted by molar-refractivity contribution is 7.92. The number of hydrogen-bond donors (Lipinski definition) is 2. The summed E-state index contributed by atoms with van der Waals surface area (Å²) in [6, 6.07) is 1.18. The molecular formula is C13H14F5NO6S2. The van der Waals surface area contributed by atoms with Gasteiger partial charge in [-0.05, 0) is 12.1 Å². The van der Waals surface area contributed by atoms with Gasteiger partial charge in [-0.25, -0.2) is 30.3 Å². The van der Waals surface area contributed by atoms with Gasteiger partial charge in [0.1, 0.15) is 18.5 Å². The summed E-state index contributed by atoms with van der Waals surface area (Å²) >= 11 is 0. The van der Waals surface area contributed by atoms with Crippen LogP contribution in [0.2, 0.25) is 0 Å². The topological polar surface area (TPSA) is 110 Å². The number of alkyl halides is 5. The summed E-state index contributed by atoms with van der Waals surface area (Å²) in [5, 5.41) is 9.69. The third-order valence-electron chi connectivity index (χ3n) is 3.68. The SMILES string of the molecule is CS(=O)(=O)NCCOc1ccc(S(=O)(=O)C(F)(F)F)c2c1CC(F)(F)C2O. The molecule has 0 heterocycles. The molecule has 1 aromatic carbocycles. The quantitative estimate of drug-likeness (QED) is 0.508. The predicted octanol–water partition coefficient (Wildman–Crippen LogP) is 1.13. The molecule has 0 fully saturated rings. The highest BCUT2D eigenvalue weighted by Crippen LogP contribution is 2.50. The lowest BCUT2D eigenvalue weighted by Crippen LogP contribution is -2.27. The minimum Gasteiger partial charge on any atom is -0.492 e. The van der Waals surface area contributed by atoms with Gasteiger partial charge in [-0.1, -0.05) is 0 Å². The van der Waals surface area contributed by atoms with Crippen molar-refractivity contribution < 1.29 is 48.6 Å². The van der Waals surface area contributed by atoms with Gasteiger partial charge in [0.15, 0.2) is 0 Å². The molecule has 154 valence electrons. The second-order valence-electron chi connectivity index (χ2n) is 5.76. The van der Waals surface area contributed by atoms with E-state index >= 15 is 0 Å². The molecule has 1 aliphatic carbocycles. The van der Waals surface area contributed by atoms with Gasteiger partial charge in [0.25, 0.3) is 15.8 Å². The van der Waals surface area contributed by atoms with Crippen LogP contribution < -0.4 is 9.46 Å². The number of sulfonamides is 1. The van der Waals surface area contributed by atoms with Gasteiger partial charge in [-0.15, -0.1) is 0 Å². The number of benzene rings is 1. The average molecular weight is 439 g/mol. The largest absolute Gasteiger partial charge is 0.501 e. The van der Waals surface area contributed by atoms with E-state index in [2.05, 4.69) is 0 Å². The summed E-state index contributed by atoms with van der Waals surface area (Å²) in [5.41, 5.74) is -7.41. The highest BCUT2D eigenvalue weighted by Gasteiger charge is 2.55. The van der Waals surface area contributed by atoms with Gasteiger partial charge in [0, 0.05) is 24.1 Å². The molecule has 1 unspecified atom stereocenters. The number of fused-ring (bicyclic) bond motifs is 1. The van der Waals surface area contributed by atoms with Crippen molar-refractivity contribution in [3.63, 3.8) is 0 Å². The normalized spacial score (nSPS) is 19.7. The van der Waals surface area contributed by atoms with Crippen LogP contribution in [0.4, 0.5) is 22.0 Å². The van der Waals surface area contributed by atoms with Crippen molar-refractivity contribution in [3.05, 3.63) is 23.3 Å². The van der Waals surface area contributed by atoms with Gasteiger partial charge in [0.2, 0.25) is 10.0 Å². The zero-order valence-corrected chi connectivity index (χ0v) is 15.2. The summed E-state index contributed by atoms with van der Waals surface area (Å²) in [5.74, 6) is -4.28. The first-order valence-electron chi connectivity index (χ1n) is 7.18. The van der Waals surface area contributed by atoms with Gasteiger partial charge >= 0.3 is 5.51 Å². The number of aliphatic hydroxyl groups excluding tert-OH is 1. The molecule has 7 nitrogen and oxygen atoms in total. The van der Waals surface area contributed by atoms with Crippen molar-refractivity contribution in [2.24, 2.45) is 0 Å². The summed E-state index contributed by atoms with van der Waals surface area (Å²) < 4.78 is 118. The Morgan fingerprint density at radius 1 is 1.26 bits per heavy atom. The Kier molecular flexibility index (Phi) is 5.51. The predicted molar refractivity (Wildman–Crippen MR) is 81.6 cm³/mol. The van der Waals surface area contributed by atoms with Crippen molar-refractivity contribution in [3.8, 4) is 5.75 Å². The van der Waals surface area contributed by atoms with Crippen LogP contribution in [0, 0.1) is 0 Å². The molecular weight excluding hydrogens is 425 g/mol. The Morgan fingerprint density at radius 2 is 1.85 bits per heavy atom. The number of sulfone groups is 1. The van der Waals surface area contributed by atoms with E-state index in [1.54, 1.807) is 0 Å². The molecule has 1 atom stereocenters. The molecule has 0 aliphatic heterocycles. The van der Waals surface area contributed by atoms with Crippen LogP contribution in [0.5, 0.6) is 5.75 Å². The maximum Gasteiger partial charge on any atom is 0.501 e. The Hall–Kier alpha value is -1.51. The van der Waals surface area contributed by atoms with Crippen molar-refractivity contribution in [2.75, 3.05) is 19.4 Å². The fourth-order valence-corrected chi connectivity index (χ4v) is 4.01. The van der Waals surface area contributed by atoms with Crippen LogP contribution in [0.1, 0.15) is 17.2 Å². The summed E-state index contributed by atoms with van der Waals surface area (Å²) in [6.45, 7) is -0.637. The van der Waals surface area contributed by atoms with Crippen molar-refractivity contribution in [2.45, 2.75) is 28.9 Å². The lowest BCUT2D eigenvalue weighted by atomic mass is 10.1. The van der Waals surface area contributed by atoms with Gasteiger partial charge in [0.05, 0.1) is 11.2 Å². The fraction of sp³-hybridized carbons (Fsp3) is 0.538. The number of nitrogens with one attached hydrogen (secondary N) is 1. The van der Waals surface area contributed by atoms with Crippen LogP contribution in [-0.2, 0) is 26.3 Å². The first kappa shape index (κ1) is 21.8. The standard InChI is InChI=1S/C13H14F5NO6S2/c1-26(21,22)19-4-5-25-8-2-3-9(27(23,24)13(16,17)18)10-7(8)6-12(14,15)11(10)20/h2-3,11,19-20H,4-6H2,1H3. The van der Waals surface area contributed by atoms with Gasteiger partial charge in [-0.2, -0.15) is 13.2 Å². The molecule has 0 aromatic heterocycles. The summed E-state index contributed by atoms with van der Waals surface area (Å²) in [7, 11) is -9.54. The molecule has 0 spiro atoms. The van der Waals surface area contributed by atoms with Gasteiger partial charge in [-0.3, -0.25) is 0 Å². The number of aliphatic hydroxyl groups is 1. The monoisotopic (exact) mass is 439 g/mol. The molecule has 1 aliphatic rings. The molecule has 2 rings (SSSR count). The van der Waals surface area contributed by atoms with Crippen LogP contribution in [0.15, 0.2) is 17.0 Å². The Balaban J connectivity index is 2.45. The third-order valence-corrected chi connectivity index (χ3v) is 5.95. The second kappa shape index (κ2) is 6.83. The number of halogens is 5. The van der Waals surface area contributed by atoms with E-state index in [0.29, 0.717) is 6.07 Å². The van der Waals surface area contributed by atoms with E-state index in [4.69, 9.17) is 4.74 Å². The lowest BCUT2D eigenvalue weighted by molar-refractivity contribution is -0.0978. The van der Waals surface area contributed by atoms with Crippen LogP contribution in [-0.4, -0.2) is 52.8 Å². The number of rotatable bonds is 6. The van der Waals surface area contributed by atoms with E-state index in [-0.39, 0.29) is 18.9 Å². The molecule has 0 saturated heterocycles. The van der Waals surface area contributed by atoms with Crippen LogP contribution >= 0.6 is 0 Å². The molecule has 27 heavy (non-hydrogen) atoms. The minimum atomic E-state index is -5.99. The van der Waals surface area contributed by atoms with E-state index < -0.39 is 59.8 Å². The highest BCUT2D eigenvalue weighted by atomic mass is 32.2. The van der Waals surface area contributed by atoms with E-state index in [0.717, 1.165) is 12.3 Å². The first-order chi connectivity index (χ1) is 12.1.